The number of hydrogen-bond donors (Lipinski definition) is 0. The van der Waals surface area contributed by atoms with Crippen LogP contribution in [0.4, 0.5) is 0 Å². The van der Waals surface area contributed by atoms with Crippen LogP contribution < -0.4 is 5.76 Å². The number of halogens is 1. The van der Waals surface area contributed by atoms with Crippen molar-refractivity contribution in [3.63, 3.8) is 0 Å². The first kappa shape index (κ1) is 14.3. The van der Waals surface area contributed by atoms with Gasteiger partial charge in [0.05, 0.1) is 11.6 Å². The van der Waals surface area contributed by atoms with E-state index in [1.165, 1.54) is 27.7 Å². The Kier molecular flexibility index (Phi) is 4.09. The molecule has 21 heavy (non-hydrogen) atoms. The Labute approximate surface area is 132 Å². The van der Waals surface area contributed by atoms with Crippen LogP contribution in [0.5, 0.6) is 0 Å². The monoisotopic (exact) mass is 340 g/mol. The quantitative estimate of drug-likeness (QED) is 0.680. The fourth-order valence-corrected chi connectivity index (χ4v) is 3.29. The molecule has 3 aromatic rings. The zero-order valence-corrected chi connectivity index (χ0v) is 13.2. The topological polar surface area (TPSA) is 73.8 Å². The summed E-state index contributed by atoms with van der Waals surface area (Å²) in [6.45, 7) is 0.251. The number of rotatable bonds is 4. The molecule has 0 saturated carbocycles. The van der Waals surface area contributed by atoms with Crippen molar-refractivity contribution < 1.29 is 4.52 Å². The molecule has 2 heterocycles. The van der Waals surface area contributed by atoms with Gasteiger partial charge in [-0.1, -0.05) is 52.0 Å². The predicted molar refractivity (Wildman–Crippen MR) is 82.0 cm³/mol. The number of aromatic nitrogens is 4. The molecule has 0 bridgehead atoms. The summed E-state index contributed by atoms with van der Waals surface area (Å²) in [5, 5.41) is 13.1. The van der Waals surface area contributed by atoms with Gasteiger partial charge in [-0.15, -0.1) is 10.2 Å². The fourth-order valence-electron chi connectivity index (χ4n) is 1.76. The second-order valence-electron chi connectivity index (χ2n) is 4.00. The van der Waals surface area contributed by atoms with E-state index in [0.717, 1.165) is 4.34 Å². The molecule has 1 aromatic carbocycles. The average Bonchev–Trinajstić information content (AvgIpc) is 3.08. The smallest absolute Gasteiger partial charge is 0.295 e. The molecule has 0 aliphatic heterocycles. The highest BCUT2D eigenvalue weighted by Crippen LogP contribution is 2.26. The Morgan fingerprint density at radius 1 is 1.38 bits per heavy atom. The van der Waals surface area contributed by atoms with Crippen LogP contribution in [-0.2, 0) is 6.54 Å². The number of benzene rings is 1. The third-order valence-corrected chi connectivity index (χ3v) is 4.93. The van der Waals surface area contributed by atoms with E-state index in [1.54, 1.807) is 12.1 Å². The minimum Gasteiger partial charge on any atom is -0.295 e. The maximum absolute atomic E-state index is 11.8. The molecule has 9 heteroatoms. The molecule has 108 valence electrons. The van der Waals surface area contributed by atoms with E-state index < -0.39 is 5.76 Å². The van der Waals surface area contributed by atoms with Gasteiger partial charge < -0.3 is 0 Å². The Morgan fingerprint density at radius 2 is 2.19 bits per heavy atom. The summed E-state index contributed by atoms with van der Waals surface area (Å²) in [5.74, 6) is -0.169. The number of nitrogens with zero attached hydrogens (tertiary/aromatic N) is 4. The minimum atomic E-state index is -0.550. The van der Waals surface area contributed by atoms with E-state index in [0.29, 0.717) is 21.4 Å². The Morgan fingerprint density at radius 3 is 2.90 bits per heavy atom. The highest BCUT2D eigenvalue weighted by atomic mass is 35.5. The van der Waals surface area contributed by atoms with Gasteiger partial charge in [0.15, 0.2) is 10.2 Å². The van der Waals surface area contributed by atoms with Crippen LogP contribution in [-0.4, -0.2) is 26.2 Å². The molecule has 0 spiro atoms. The zero-order chi connectivity index (χ0) is 14.8. The standard InChI is InChI=1S/C12H9ClN4O2S2/c1-20-11-15-14-9(21-11)6-17-10(16-19-12(17)18)7-4-2-3-5-8(7)13/h2-5H,6H2,1H3. The van der Waals surface area contributed by atoms with Gasteiger partial charge in [0, 0.05) is 5.56 Å². The highest BCUT2D eigenvalue weighted by molar-refractivity contribution is 8.00. The summed E-state index contributed by atoms with van der Waals surface area (Å²) < 4.78 is 7.00. The van der Waals surface area contributed by atoms with Gasteiger partial charge in [0.25, 0.3) is 0 Å². The van der Waals surface area contributed by atoms with Crippen LogP contribution in [0, 0.1) is 0 Å². The summed E-state index contributed by atoms with van der Waals surface area (Å²) in [5.41, 5.74) is 0.639. The molecular formula is C12H9ClN4O2S2. The third kappa shape index (κ3) is 2.87. The third-order valence-electron chi connectivity index (χ3n) is 2.72. The molecule has 0 aliphatic carbocycles. The van der Waals surface area contributed by atoms with Crippen molar-refractivity contribution in [1.29, 1.82) is 0 Å². The fraction of sp³-hybridized carbons (Fsp3) is 0.167. The van der Waals surface area contributed by atoms with Gasteiger partial charge >= 0.3 is 5.76 Å². The van der Waals surface area contributed by atoms with Crippen LogP contribution in [0.3, 0.4) is 0 Å². The van der Waals surface area contributed by atoms with Crippen molar-refractivity contribution in [2.24, 2.45) is 0 Å². The molecule has 2 aromatic heterocycles. The van der Waals surface area contributed by atoms with Crippen molar-refractivity contribution in [3.8, 4) is 11.4 Å². The van der Waals surface area contributed by atoms with Crippen molar-refractivity contribution in [2.45, 2.75) is 10.9 Å². The largest absolute Gasteiger partial charge is 0.442 e. The van der Waals surface area contributed by atoms with Crippen LogP contribution in [0.15, 0.2) is 37.9 Å². The second kappa shape index (κ2) is 6.00. The number of hydrogen-bond acceptors (Lipinski definition) is 7. The summed E-state index contributed by atoms with van der Waals surface area (Å²) in [7, 11) is 0. The lowest BCUT2D eigenvalue weighted by Crippen LogP contribution is -2.16. The molecule has 0 amide bonds. The maximum atomic E-state index is 11.8. The molecule has 0 saturated heterocycles. The van der Waals surface area contributed by atoms with Crippen molar-refractivity contribution in [1.82, 2.24) is 19.9 Å². The molecule has 0 radical (unpaired) electrons. The summed E-state index contributed by atoms with van der Waals surface area (Å²) in [4.78, 5) is 11.8. The van der Waals surface area contributed by atoms with Gasteiger partial charge in [-0.2, -0.15) is 0 Å². The van der Waals surface area contributed by atoms with Crippen molar-refractivity contribution in [3.05, 3.63) is 44.8 Å². The first-order valence-electron chi connectivity index (χ1n) is 5.87. The average molecular weight is 341 g/mol. The first-order chi connectivity index (χ1) is 10.2. The summed E-state index contributed by atoms with van der Waals surface area (Å²) in [6, 6.07) is 7.14. The molecule has 0 N–H and O–H groups in total. The van der Waals surface area contributed by atoms with Crippen LogP contribution >= 0.6 is 34.7 Å². The van der Waals surface area contributed by atoms with Crippen molar-refractivity contribution >= 4 is 34.7 Å². The lowest BCUT2D eigenvalue weighted by atomic mass is 10.2. The lowest BCUT2D eigenvalue weighted by molar-refractivity contribution is 0.378. The van der Waals surface area contributed by atoms with E-state index in [-0.39, 0.29) is 6.54 Å². The Hall–Kier alpha value is -1.64. The SMILES string of the molecule is CSc1nnc(Cn2c(-c3ccccc3Cl)noc2=O)s1. The first-order valence-corrected chi connectivity index (χ1v) is 8.28. The predicted octanol–water partition coefficient (Wildman–Crippen LogP) is 2.78. The van der Waals surface area contributed by atoms with E-state index in [4.69, 9.17) is 16.1 Å². The van der Waals surface area contributed by atoms with E-state index in [9.17, 15) is 4.79 Å². The van der Waals surface area contributed by atoms with Gasteiger partial charge in [0.1, 0.15) is 5.01 Å². The molecule has 0 atom stereocenters. The molecule has 3 rings (SSSR count). The van der Waals surface area contributed by atoms with Crippen LogP contribution in [0.2, 0.25) is 5.02 Å². The van der Waals surface area contributed by atoms with E-state index in [1.807, 2.05) is 18.4 Å². The van der Waals surface area contributed by atoms with Crippen LogP contribution in [0.1, 0.15) is 5.01 Å². The summed E-state index contributed by atoms with van der Waals surface area (Å²) in [6.07, 6.45) is 1.92. The van der Waals surface area contributed by atoms with Gasteiger partial charge in [-0.25, -0.2) is 9.36 Å². The minimum absolute atomic E-state index is 0.251. The molecule has 0 unspecified atom stereocenters. The highest BCUT2D eigenvalue weighted by Gasteiger charge is 2.17. The molecule has 6 nitrogen and oxygen atoms in total. The van der Waals surface area contributed by atoms with Gasteiger partial charge in [-0.05, 0) is 18.4 Å². The van der Waals surface area contributed by atoms with Gasteiger partial charge in [-0.3, -0.25) is 4.52 Å². The normalized spacial score (nSPS) is 11.0. The molecule has 0 aliphatic rings. The Bertz CT molecular complexity index is 827. The zero-order valence-electron chi connectivity index (χ0n) is 10.8. The van der Waals surface area contributed by atoms with Gasteiger partial charge in [0.2, 0.25) is 0 Å². The van der Waals surface area contributed by atoms with E-state index >= 15 is 0 Å². The Balaban J connectivity index is 2.01. The van der Waals surface area contributed by atoms with Crippen molar-refractivity contribution in [2.75, 3.05) is 6.26 Å². The molecular weight excluding hydrogens is 332 g/mol. The lowest BCUT2D eigenvalue weighted by Gasteiger charge is -2.03. The van der Waals surface area contributed by atoms with Crippen LogP contribution in [0.25, 0.3) is 11.4 Å². The molecule has 0 fully saturated rings. The van der Waals surface area contributed by atoms with E-state index in [2.05, 4.69) is 15.4 Å². The second-order valence-corrected chi connectivity index (χ2v) is 6.53. The maximum Gasteiger partial charge on any atom is 0.442 e. The summed E-state index contributed by atoms with van der Waals surface area (Å²) >= 11 is 9.08. The number of thioether (sulfide) groups is 1.